The Kier molecular flexibility index (Phi) is 18.9. The third-order valence-electron chi connectivity index (χ3n) is 12.3. The summed E-state index contributed by atoms with van der Waals surface area (Å²) in [4.78, 5) is 43.4. The number of hydrogen-bond donors (Lipinski definition) is 1. The minimum absolute atomic E-state index is 0. The Labute approximate surface area is 390 Å². The molecule has 2 aliphatic heterocycles. The molecule has 0 amide bonds. The first-order chi connectivity index (χ1) is 30.0. The molecule has 0 aromatic carbocycles. The maximum atomic E-state index is 11.9. The second-order valence-electron chi connectivity index (χ2n) is 17.5. The van der Waals surface area contributed by atoms with Gasteiger partial charge in [-0.3, -0.25) is 0 Å². The molecule has 5 heterocycles. The predicted molar refractivity (Wildman–Crippen MR) is 254 cm³/mol. The third-order valence-corrected chi connectivity index (χ3v) is 12.3. The van der Waals surface area contributed by atoms with Gasteiger partial charge < -0.3 is 34.9 Å². The number of carboxylic acids is 2. The number of fused-ring (bicyclic) bond motifs is 8. The molecule has 10 heteroatoms. The smallest absolute Gasteiger partial charge is 0.0783 e. The average molecular weight is 905 g/mol. The van der Waals surface area contributed by atoms with Gasteiger partial charge in [0.15, 0.2) is 0 Å². The van der Waals surface area contributed by atoms with Crippen molar-refractivity contribution in [1.82, 2.24) is 19.9 Å². The number of aliphatic hydroxyl groups is 1. The van der Waals surface area contributed by atoms with E-state index < -0.39 is 18.0 Å². The number of aryl methyl sites for hydroxylation is 3. The standard InChI is InChI=1S/C54H68N4O5.Fe/c1-11-40-36(7)45-30-50-54(51(59)23-15-22-35(6)21-14-20-34(5)19-13-18-33(4)17-12-16-32(2)3)39(10)46(58-50)28-43-37(8)41(24-26-52(60)61)48(56-43)31-49-42(25-27-53(62)63)38(9)44(57-49)29-47(40)55-45;/h11,16,18,20,22,28-31,51,59H,1,12-15,17,19,21,23-27H2,2-10H3,(H4,55,56,57,58,60,61,62,63);/p-4/b33-18+,34-20+,35-22+,43-28?,44-29?,45-30?,46-28?,47-29?,48-31?,49-31?,50-30?;/t51-;/m0./s1. The van der Waals surface area contributed by atoms with E-state index in [0.717, 1.165) is 83.1 Å². The molecule has 8 bridgehead atoms. The molecule has 0 unspecified atom stereocenters. The number of carbonyl (C=O) groups is 2. The maximum Gasteiger partial charge on any atom is 0.0783 e. The summed E-state index contributed by atoms with van der Waals surface area (Å²) >= 11 is 0. The molecule has 5 rings (SSSR count). The van der Waals surface area contributed by atoms with Gasteiger partial charge in [0.1, 0.15) is 0 Å². The van der Waals surface area contributed by atoms with Gasteiger partial charge in [-0.1, -0.05) is 100 Å². The molecule has 0 fully saturated rings. The Bertz CT molecular complexity index is 2610. The van der Waals surface area contributed by atoms with E-state index in [4.69, 9.17) is 19.9 Å². The van der Waals surface area contributed by atoms with E-state index in [1.165, 1.54) is 22.3 Å². The Hall–Kier alpha value is -5.28. The number of allylic oxidation sites excluding steroid dienone is 13. The number of hydrogen-bond acceptors (Lipinski definition) is 7. The topological polar surface area (TPSA) is 154 Å². The van der Waals surface area contributed by atoms with Crippen LogP contribution in [-0.4, -0.2) is 27.0 Å². The van der Waals surface area contributed by atoms with Crippen molar-refractivity contribution < 1.29 is 42.0 Å². The van der Waals surface area contributed by atoms with Gasteiger partial charge >= 0.3 is 0 Å². The number of nitrogens with zero attached hydrogens (tertiary/aromatic N) is 4. The van der Waals surface area contributed by atoms with Crippen LogP contribution < -0.4 is 20.2 Å². The van der Waals surface area contributed by atoms with Gasteiger partial charge in [-0.2, -0.15) is 0 Å². The first-order valence-corrected chi connectivity index (χ1v) is 22.3. The molecule has 342 valence electrons. The van der Waals surface area contributed by atoms with Crippen molar-refractivity contribution in [2.45, 2.75) is 145 Å². The molecule has 0 spiro atoms. The van der Waals surface area contributed by atoms with Crippen molar-refractivity contribution in [2.24, 2.45) is 0 Å². The third kappa shape index (κ3) is 13.4. The van der Waals surface area contributed by atoms with Crippen LogP contribution >= 0.6 is 0 Å². The van der Waals surface area contributed by atoms with Crippen LogP contribution in [0.15, 0.2) is 83.5 Å². The first-order valence-electron chi connectivity index (χ1n) is 22.3. The van der Waals surface area contributed by atoms with Crippen molar-refractivity contribution in [3.63, 3.8) is 0 Å². The van der Waals surface area contributed by atoms with Crippen LogP contribution in [0.3, 0.4) is 0 Å². The fourth-order valence-electron chi connectivity index (χ4n) is 8.39. The van der Waals surface area contributed by atoms with E-state index >= 15 is 0 Å². The van der Waals surface area contributed by atoms with Gasteiger partial charge in [0.25, 0.3) is 0 Å². The molecule has 3 aromatic heterocycles. The largest absolute Gasteiger partial charge is 0.657 e. The summed E-state index contributed by atoms with van der Waals surface area (Å²) in [6, 6.07) is 7.50. The minimum atomic E-state index is -1.17. The summed E-state index contributed by atoms with van der Waals surface area (Å²) in [5.74, 6) is -2.34. The van der Waals surface area contributed by atoms with Gasteiger partial charge in [0.05, 0.1) is 28.9 Å². The monoisotopic (exact) mass is 904 g/mol. The van der Waals surface area contributed by atoms with Gasteiger partial charge in [-0.05, 0) is 162 Å². The molecular weight excluding hydrogens is 840 g/mol. The Morgan fingerprint density at radius 2 is 1.12 bits per heavy atom. The number of carboxylic acid groups (broad SMARTS) is 2. The van der Waals surface area contributed by atoms with Crippen molar-refractivity contribution in [2.75, 3.05) is 0 Å². The van der Waals surface area contributed by atoms with Crippen LogP contribution in [0.4, 0.5) is 0 Å². The SMILES string of the molecule is C=CC1=C(C)c2cc3[n-]c(cc4nc(cc5[n-]c(cc1n2)c(C)c5CCC(=O)[O-])C(CCC(=O)[O-])=C4C)c(C)c3[C@@H](O)CC/C=C(\C)CC/C=C(\C)CC/C=C(\C)CCC=C(C)C.[Fe]. The molecule has 1 N–H and O–H groups in total. The summed E-state index contributed by atoms with van der Waals surface area (Å²) in [7, 11) is 0. The Morgan fingerprint density at radius 1 is 0.641 bits per heavy atom. The van der Waals surface area contributed by atoms with E-state index in [9.17, 15) is 24.9 Å². The average Bonchev–Trinajstić information content (AvgIpc) is 3.88. The minimum Gasteiger partial charge on any atom is -0.657 e. The van der Waals surface area contributed by atoms with Crippen LogP contribution in [-0.2, 0) is 33.1 Å². The van der Waals surface area contributed by atoms with E-state index in [-0.39, 0.29) is 42.8 Å². The van der Waals surface area contributed by atoms with Crippen molar-refractivity contribution in [1.29, 1.82) is 0 Å². The zero-order valence-electron chi connectivity index (χ0n) is 39.2. The second kappa shape index (κ2) is 23.6. The molecule has 64 heavy (non-hydrogen) atoms. The zero-order chi connectivity index (χ0) is 46.0. The van der Waals surface area contributed by atoms with Gasteiger partial charge in [0.2, 0.25) is 0 Å². The van der Waals surface area contributed by atoms with Crippen LogP contribution in [0.25, 0.3) is 44.4 Å². The quantitative estimate of drug-likeness (QED) is 0.0862. The second-order valence-corrected chi connectivity index (χ2v) is 17.5. The number of aliphatic carboxylic acids is 2. The van der Waals surface area contributed by atoms with E-state index in [1.807, 2.05) is 45.9 Å². The predicted octanol–water partition coefficient (Wildman–Crippen LogP) is 10.4. The van der Waals surface area contributed by atoms with Crippen LogP contribution in [0, 0.1) is 13.8 Å². The number of carbonyl (C=O) groups excluding carboxylic acids is 2. The summed E-state index contributed by atoms with van der Waals surface area (Å²) in [5, 5.41) is 35.2. The van der Waals surface area contributed by atoms with Crippen LogP contribution in [0.2, 0.25) is 0 Å². The van der Waals surface area contributed by atoms with E-state index in [2.05, 4.69) is 65.5 Å². The zero-order valence-corrected chi connectivity index (χ0v) is 40.3. The molecule has 9 nitrogen and oxygen atoms in total. The van der Waals surface area contributed by atoms with Crippen molar-refractivity contribution in [3.05, 3.63) is 129 Å². The molecule has 0 saturated carbocycles. The summed E-state index contributed by atoms with van der Waals surface area (Å²) in [6.07, 6.45) is 17.7. The number of aromatic nitrogens is 4. The maximum absolute atomic E-state index is 11.9. The van der Waals surface area contributed by atoms with Crippen LogP contribution in [0.5, 0.6) is 0 Å². The van der Waals surface area contributed by atoms with Gasteiger partial charge in [-0.25, -0.2) is 9.97 Å². The molecular formula is C54H64FeN4O5-4. The van der Waals surface area contributed by atoms with Gasteiger partial charge in [0, 0.05) is 34.6 Å². The van der Waals surface area contributed by atoms with E-state index in [1.54, 1.807) is 12.1 Å². The van der Waals surface area contributed by atoms with Crippen molar-refractivity contribution >= 4 is 56.3 Å². The molecule has 0 aliphatic carbocycles. The van der Waals surface area contributed by atoms with E-state index in [0.29, 0.717) is 57.7 Å². The Morgan fingerprint density at radius 3 is 1.72 bits per heavy atom. The Balaban J connectivity index is 0.00000898. The van der Waals surface area contributed by atoms with Crippen LogP contribution in [0.1, 0.15) is 170 Å². The molecule has 2 aliphatic rings. The fraction of sp³-hybridized carbons (Fsp3) is 0.407. The number of aliphatic hydroxyl groups excluding tert-OH is 1. The summed E-state index contributed by atoms with van der Waals surface area (Å²) in [6.45, 7) is 22.7. The molecule has 0 saturated heterocycles. The first kappa shape index (κ1) is 51.4. The molecule has 0 radical (unpaired) electrons. The normalized spacial score (nSPS) is 13.9. The molecule has 1 atom stereocenters. The number of rotatable bonds is 20. The summed E-state index contributed by atoms with van der Waals surface area (Å²) in [5.41, 5.74) is 16.8. The fourth-order valence-corrected chi connectivity index (χ4v) is 8.39. The van der Waals surface area contributed by atoms with Gasteiger partial charge in [-0.15, -0.1) is 22.1 Å². The summed E-state index contributed by atoms with van der Waals surface area (Å²) < 4.78 is 0. The molecule has 3 aromatic rings. The van der Waals surface area contributed by atoms with Crippen molar-refractivity contribution in [3.8, 4) is 0 Å².